The summed E-state index contributed by atoms with van der Waals surface area (Å²) < 4.78 is 5.56. The number of halogens is 2. The highest BCUT2D eigenvalue weighted by atomic mass is 35.5. The molecule has 0 bridgehead atoms. The topological polar surface area (TPSA) is 50.4 Å². The minimum Gasteiger partial charge on any atom is -0.492 e. The van der Waals surface area contributed by atoms with Gasteiger partial charge in [0.15, 0.2) is 0 Å². The average Bonchev–Trinajstić information content (AvgIpc) is 2.55. The number of hydrogen-bond acceptors (Lipinski definition) is 2. The molecule has 0 saturated carbocycles. The van der Waals surface area contributed by atoms with Crippen molar-refractivity contribution >= 4 is 29.2 Å². The molecule has 0 radical (unpaired) electrons. The van der Waals surface area contributed by atoms with Crippen molar-refractivity contribution in [2.75, 3.05) is 19.7 Å². The molecule has 24 heavy (non-hydrogen) atoms. The Kier molecular flexibility index (Phi) is 7.22. The van der Waals surface area contributed by atoms with Gasteiger partial charge < -0.3 is 15.4 Å². The fraction of sp³-hybridized carbons (Fsp3) is 0.278. The van der Waals surface area contributed by atoms with Gasteiger partial charge in [-0.25, -0.2) is 4.79 Å². The maximum atomic E-state index is 11.7. The summed E-state index contributed by atoms with van der Waals surface area (Å²) >= 11 is 11.9. The molecule has 128 valence electrons. The van der Waals surface area contributed by atoms with Gasteiger partial charge in [0.05, 0.1) is 6.54 Å². The van der Waals surface area contributed by atoms with Gasteiger partial charge in [-0.2, -0.15) is 0 Å². The Hall–Kier alpha value is -1.91. The zero-order chi connectivity index (χ0) is 17.4. The second-order valence-electron chi connectivity index (χ2n) is 5.32. The number of hydrogen-bond donors (Lipinski definition) is 2. The molecule has 0 aliphatic heterocycles. The molecule has 4 nitrogen and oxygen atoms in total. The molecule has 2 aromatic rings. The summed E-state index contributed by atoms with van der Waals surface area (Å²) in [6.07, 6.45) is 0.731. The number of carbonyl (C=O) groups is 1. The van der Waals surface area contributed by atoms with E-state index in [1.165, 1.54) is 0 Å². The van der Waals surface area contributed by atoms with Crippen molar-refractivity contribution < 1.29 is 9.53 Å². The van der Waals surface area contributed by atoms with Gasteiger partial charge in [-0.3, -0.25) is 0 Å². The number of amides is 2. The third-order valence-corrected chi connectivity index (χ3v) is 4.03. The van der Waals surface area contributed by atoms with E-state index in [1.54, 1.807) is 12.1 Å². The van der Waals surface area contributed by atoms with Crippen LogP contribution in [0.3, 0.4) is 0 Å². The Bertz CT molecular complexity index is 692. The summed E-state index contributed by atoms with van der Waals surface area (Å²) in [6.45, 7) is 3.28. The molecule has 0 atom stereocenters. The van der Waals surface area contributed by atoms with E-state index >= 15 is 0 Å². The van der Waals surface area contributed by atoms with Crippen molar-refractivity contribution in [2.24, 2.45) is 0 Å². The normalized spacial score (nSPS) is 10.3. The molecule has 0 unspecified atom stereocenters. The quantitative estimate of drug-likeness (QED) is 0.720. The molecular formula is C18H20Cl2N2O2. The highest BCUT2D eigenvalue weighted by Crippen LogP contribution is 2.20. The zero-order valence-electron chi connectivity index (χ0n) is 13.4. The Morgan fingerprint density at radius 2 is 1.88 bits per heavy atom. The second-order valence-corrected chi connectivity index (χ2v) is 6.17. The molecule has 2 N–H and O–H groups in total. The zero-order valence-corrected chi connectivity index (χ0v) is 15.0. The van der Waals surface area contributed by atoms with Gasteiger partial charge >= 0.3 is 6.03 Å². The fourth-order valence-electron chi connectivity index (χ4n) is 2.12. The predicted molar refractivity (Wildman–Crippen MR) is 98.2 cm³/mol. The van der Waals surface area contributed by atoms with E-state index in [4.69, 9.17) is 27.9 Å². The summed E-state index contributed by atoms with van der Waals surface area (Å²) in [7, 11) is 0. The van der Waals surface area contributed by atoms with Crippen LogP contribution in [0.5, 0.6) is 5.75 Å². The molecule has 0 aliphatic rings. The number of ether oxygens (including phenoxy) is 1. The van der Waals surface area contributed by atoms with Crippen LogP contribution in [0.2, 0.25) is 10.0 Å². The lowest BCUT2D eigenvalue weighted by atomic mass is 10.1. The minimum atomic E-state index is -0.215. The Balaban J connectivity index is 1.60. The lowest BCUT2D eigenvalue weighted by Gasteiger charge is -2.10. The van der Waals surface area contributed by atoms with Crippen molar-refractivity contribution in [3.05, 3.63) is 63.6 Å². The predicted octanol–water partition coefficient (Wildman–Crippen LogP) is 4.22. The number of benzene rings is 2. The average molecular weight is 367 g/mol. The highest BCUT2D eigenvalue weighted by molar-refractivity contribution is 6.31. The van der Waals surface area contributed by atoms with Crippen LogP contribution in [0, 0.1) is 6.92 Å². The summed E-state index contributed by atoms with van der Waals surface area (Å²) in [4.78, 5) is 11.7. The summed E-state index contributed by atoms with van der Waals surface area (Å²) in [5.41, 5.74) is 2.05. The number of urea groups is 1. The first-order chi connectivity index (χ1) is 11.5. The van der Waals surface area contributed by atoms with E-state index in [-0.39, 0.29) is 6.03 Å². The molecule has 2 aromatic carbocycles. The van der Waals surface area contributed by atoms with E-state index in [0.717, 1.165) is 23.3 Å². The lowest BCUT2D eigenvalue weighted by molar-refractivity contribution is 0.236. The second kappa shape index (κ2) is 9.40. The van der Waals surface area contributed by atoms with E-state index in [9.17, 15) is 4.79 Å². The van der Waals surface area contributed by atoms with Gasteiger partial charge in [0, 0.05) is 16.6 Å². The Morgan fingerprint density at radius 1 is 1.08 bits per heavy atom. The smallest absolute Gasteiger partial charge is 0.314 e. The molecule has 6 heteroatoms. The number of nitrogens with one attached hydrogen (secondary N) is 2. The van der Waals surface area contributed by atoms with Crippen LogP contribution in [-0.2, 0) is 6.42 Å². The van der Waals surface area contributed by atoms with Crippen LogP contribution in [0.15, 0.2) is 42.5 Å². The van der Waals surface area contributed by atoms with E-state index in [1.807, 2.05) is 37.3 Å². The van der Waals surface area contributed by atoms with Crippen LogP contribution < -0.4 is 15.4 Å². The van der Waals surface area contributed by atoms with E-state index in [0.29, 0.717) is 29.7 Å². The summed E-state index contributed by atoms with van der Waals surface area (Å²) in [6, 6.07) is 12.8. The first kappa shape index (κ1) is 18.4. The molecule has 2 rings (SSSR count). The molecule has 0 saturated heterocycles. The number of aryl methyl sites for hydroxylation is 1. The third-order valence-electron chi connectivity index (χ3n) is 3.37. The first-order valence-electron chi connectivity index (χ1n) is 7.69. The highest BCUT2D eigenvalue weighted by Gasteiger charge is 2.02. The molecule has 0 aliphatic carbocycles. The van der Waals surface area contributed by atoms with E-state index < -0.39 is 0 Å². The molecule has 0 spiro atoms. The molecule has 0 fully saturated rings. The van der Waals surface area contributed by atoms with Crippen LogP contribution >= 0.6 is 23.2 Å². The van der Waals surface area contributed by atoms with Crippen LogP contribution in [0.4, 0.5) is 4.79 Å². The van der Waals surface area contributed by atoms with Crippen LogP contribution in [-0.4, -0.2) is 25.7 Å². The van der Waals surface area contributed by atoms with Gasteiger partial charge in [0.1, 0.15) is 12.4 Å². The van der Waals surface area contributed by atoms with Gasteiger partial charge in [-0.1, -0.05) is 35.3 Å². The van der Waals surface area contributed by atoms with Crippen molar-refractivity contribution in [3.63, 3.8) is 0 Å². The fourth-order valence-corrected chi connectivity index (χ4v) is 2.45. The Morgan fingerprint density at radius 3 is 2.62 bits per heavy atom. The van der Waals surface area contributed by atoms with Gasteiger partial charge in [0.2, 0.25) is 0 Å². The SMILES string of the molecule is Cc1cc(OCCNC(=O)NCCc2cccc(Cl)c2)ccc1Cl. The lowest BCUT2D eigenvalue weighted by Crippen LogP contribution is -2.38. The number of carbonyl (C=O) groups excluding carboxylic acids is 1. The van der Waals surface area contributed by atoms with Crippen molar-refractivity contribution in [3.8, 4) is 5.75 Å². The van der Waals surface area contributed by atoms with Crippen LogP contribution in [0.1, 0.15) is 11.1 Å². The number of rotatable bonds is 7. The Labute approximate surface area is 152 Å². The summed E-state index contributed by atoms with van der Waals surface area (Å²) in [5.74, 6) is 0.736. The molecule has 2 amide bonds. The molecular weight excluding hydrogens is 347 g/mol. The minimum absolute atomic E-state index is 0.215. The molecule has 0 aromatic heterocycles. The standard InChI is InChI=1S/C18H20Cl2N2O2/c1-13-11-16(5-6-17(13)20)24-10-9-22-18(23)21-8-7-14-3-2-4-15(19)12-14/h2-6,11-12H,7-10H2,1H3,(H2,21,22,23). The monoisotopic (exact) mass is 366 g/mol. The maximum absolute atomic E-state index is 11.7. The van der Waals surface area contributed by atoms with E-state index in [2.05, 4.69) is 10.6 Å². The van der Waals surface area contributed by atoms with Crippen LogP contribution in [0.25, 0.3) is 0 Å². The van der Waals surface area contributed by atoms with Crippen molar-refractivity contribution in [2.45, 2.75) is 13.3 Å². The van der Waals surface area contributed by atoms with Crippen molar-refractivity contribution in [1.29, 1.82) is 0 Å². The third kappa shape index (κ3) is 6.30. The summed E-state index contributed by atoms with van der Waals surface area (Å²) in [5, 5.41) is 6.96. The molecule has 0 heterocycles. The van der Waals surface area contributed by atoms with Crippen molar-refractivity contribution in [1.82, 2.24) is 10.6 Å². The largest absolute Gasteiger partial charge is 0.492 e. The van der Waals surface area contributed by atoms with Gasteiger partial charge in [-0.15, -0.1) is 0 Å². The van der Waals surface area contributed by atoms with Gasteiger partial charge in [0.25, 0.3) is 0 Å². The first-order valence-corrected chi connectivity index (χ1v) is 8.45. The maximum Gasteiger partial charge on any atom is 0.314 e. The van der Waals surface area contributed by atoms with Gasteiger partial charge in [-0.05, 0) is 54.8 Å².